The average molecular weight is 843 g/mol. The Hall–Kier alpha value is -5.68. The van der Waals surface area contributed by atoms with Crippen molar-refractivity contribution in [3.8, 4) is 5.75 Å². The highest BCUT2D eigenvalue weighted by Gasteiger charge is 2.66. The summed E-state index contributed by atoms with van der Waals surface area (Å²) in [6.07, 6.45) is -2.37. The van der Waals surface area contributed by atoms with Gasteiger partial charge in [0.25, 0.3) is 0 Å². The van der Waals surface area contributed by atoms with Gasteiger partial charge in [-0.25, -0.2) is 0 Å². The van der Waals surface area contributed by atoms with E-state index < -0.39 is 29.9 Å². The van der Waals surface area contributed by atoms with Gasteiger partial charge >= 0.3 is 0 Å². The van der Waals surface area contributed by atoms with Crippen LogP contribution in [0.1, 0.15) is 45.2 Å². The van der Waals surface area contributed by atoms with E-state index in [0.29, 0.717) is 12.0 Å². The van der Waals surface area contributed by atoms with Gasteiger partial charge < -0.3 is 33.5 Å². The monoisotopic (exact) mass is 842 g/mol. The van der Waals surface area contributed by atoms with Crippen LogP contribution in [-0.4, -0.2) is 36.3 Å². The second kappa shape index (κ2) is 18.7. The molecule has 0 amide bonds. The number of thiophene rings is 1. The van der Waals surface area contributed by atoms with Gasteiger partial charge in [-0.15, -0.1) is 11.3 Å². The minimum atomic E-state index is -2.18. The van der Waals surface area contributed by atoms with Crippen molar-refractivity contribution < 1.29 is 33.5 Å². The van der Waals surface area contributed by atoms with Crippen LogP contribution in [0, 0.1) is 0 Å². The van der Waals surface area contributed by atoms with Gasteiger partial charge in [-0.2, -0.15) is 0 Å². The normalized spacial score (nSPS) is 21.3. The summed E-state index contributed by atoms with van der Waals surface area (Å²) in [4.78, 5) is 1.16. The number of fused-ring (bicyclic) bond motifs is 2. The van der Waals surface area contributed by atoms with Crippen molar-refractivity contribution in [3.05, 3.63) is 220 Å². The molecule has 5 atom stereocenters. The molecule has 1 aliphatic rings. The van der Waals surface area contributed by atoms with Crippen molar-refractivity contribution in [2.45, 2.75) is 69.7 Å². The molecule has 8 heteroatoms. The highest BCUT2D eigenvalue weighted by molar-refractivity contribution is 7.19. The first kappa shape index (κ1) is 41.7. The Kier molecular flexibility index (Phi) is 12.6. The Morgan fingerprint density at radius 1 is 0.581 bits per heavy atom. The van der Waals surface area contributed by atoms with Crippen molar-refractivity contribution >= 4 is 32.2 Å². The largest absolute Gasteiger partial charge is 0.496 e. The van der Waals surface area contributed by atoms with Crippen molar-refractivity contribution in [1.82, 2.24) is 0 Å². The Morgan fingerprint density at radius 2 is 1.10 bits per heavy atom. The molecule has 7 nitrogen and oxygen atoms in total. The third-order valence-corrected chi connectivity index (χ3v) is 12.9. The Labute approximate surface area is 367 Å². The van der Waals surface area contributed by atoms with Crippen LogP contribution in [0.5, 0.6) is 5.75 Å². The Bertz CT molecular complexity index is 2660. The van der Waals surface area contributed by atoms with Crippen molar-refractivity contribution in [2.75, 3.05) is 7.11 Å². The SMILES string of the molecule is COc1c(Cc2cc3ccccc3s2)cc(C2(O)O[C@@H](OCc3ccccc3)[C@@H](OCc3ccccc3)[C@@H](OCc3ccccc3)[C@@]2(C)OCc2ccccc2)c2ccccc12. The molecule has 8 aromatic rings. The van der Waals surface area contributed by atoms with Crippen LogP contribution in [0.4, 0.5) is 0 Å². The molecule has 0 saturated carbocycles. The van der Waals surface area contributed by atoms with E-state index in [2.05, 4.69) is 30.3 Å². The quantitative estimate of drug-likeness (QED) is 0.104. The van der Waals surface area contributed by atoms with Crippen LogP contribution in [0.15, 0.2) is 182 Å². The third-order valence-electron chi connectivity index (χ3n) is 11.7. The van der Waals surface area contributed by atoms with Crippen LogP contribution in [-0.2, 0) is 62.3 Å². The lowest BCUT2D eigenvalue weighted by Gasteiger charge is -2.56. The Morgan fingerprint density at radius 3 is 1.69 bits per heavy atom. The number of hydrogen-bond donors (Lipinski definition) is 1. The van der Waals surface area contributed by atoms with E-state index in [0.717, 1.165) is 49.2 Å². The van der Waals surface area contributed by atoms with E-state index in [1.807, 2.05) is 159 Å². The van der Waals surface area contributed by atoms with Gasteiger partial charge in [-0.05, 0) is 58.1 Å². The molecule has 0 radical (unpaired) electrons. The second-order valence-electron chi connectivity index (χ2n) is 15.9. The fourth-order valence-electron chi connectivity index (χ4n) is 8.52. The summed E-state index contributed by atoms with van der Waals surface area (Å²) in [5.41, 5.74) is 3.57. The van der Waals surface area contributed by atoms with E-state index >= 15 is 0 Å². The smallest absolute Gasteiger partial charge is 0.228 e. The van der Waals surface area contributed by atoms with Gasteiger partial charge in [0.15, 0.2) is 11.9 Å². The fourth-order valence-corrected chi connectivity index (χ4v) is 9.61. The van der Waals surface area contributed by atoms with E-state index in [1.54, 1.807) is 18.4 Å². The molecule has 0 bridgehead atoms. The molecule has 314 valence electrons. The number of aliphatic hydroxyl groups is 1. The molecule has 1 unspecified atom stereocenters. The van der Waals surface area contributed by atoms with Crippen LogP contribution < -0.4 is 4.74 Å². The molecule has 1 saturated heterocycles. The summed E-state index contributed by atoms with van der Waals surface area (Å²) in [5, 5.41) is 16.8. The first-order chi connectivity index (χ1) is 30.4. The lowest BCUT2D eigenvalue weighted by molar-refractivity contribution is -0.444. The first-order valence-corrected chi connectivity index (χ1v) is 21.8. The Balaban J connectivity index is 1.23. The zero-order chi connectivity index (χ0) is 42.4. The molecule has 7 aromatic carbocycles. The minimum absolute atomic E-state index is 0.151. The number of hydrogen-bond acceptors (Lipinski definition) is 8. The molecule has 1 N–H and O–H groups in total. The summed E-state index contributed by atoms with van der Waals surface area (Å²) in [7, 11) is 1.70. The lowest BCUT2D eigenvalue weighted by Crippen LogP contribution is -2.72. The van der Waals surface area contributed by atoms with Gasteiger partial charge in [-0.1, -0.05) is 164 Å². The van der Waals surface area contributed by atoms with Gasteiger partial charge in [0, 0.05) is 32.5 Å². The molecule has 1 aliphatic heterocycles. The summed E-state index contributed by atoms with van der Waals surface area (Å²) >= 11 is 1.75. The summed E-state index contributed by atoms with van der Waals surface area (Å²) < 4.78 is 42.6. The number of methoxy groups -OCH3 is 1. The van der Waals surface area contributed by atoms with Crippen LogP contribution >= 0.6 is 11.3 Å². The lowest BCUT2D eigenvalue weighted by atomic mass is 9.76. The van der Waals surface area contributed by atoms with Crippen LogP contribution in [0.3, 0.4) is 0 Å². The molecular weight excluding hydrogens is 793 g/mol. The number of benzene rings is 7. The average Bonchev–Trinajstić information content (AvgIpc) is 3.74. The second-order valence-corrected chi connectivity index (χ2v) is 17.0. The maximum absolute atomic E-state index is 14.0. The molecule has 62 heavy (non-hydrogen) atoms. The first-order valence-electron chi connectivity index (χ1n) is 21.0. The van der Waals surface area contributed by atoms with Crippen LogP contribution in [0.25, 0.3) is 20.9 Å². The number of ether oxygens (including phenoxy) is 6. The molecule has 1 aromatic heterocycles. The van der Waals surface area contributed by atoms with Crippen molar-refractivity contribution in [2.24, 2.45) is 0 Å². The summed E-state index contributed by atoms with van der Waals surface area (Å²) in [6.45, 7) is 2.67. The topological polar surface area (TPSA) is 75.6 Å². The summed E-state index contributed by atoms with van der Waals surface area (Å²) in [6, 6.07) is 60.5. The predicted molar refractivity (Wildman–Crippen MR) is 245 cm³/mol. The minimum Gasteiger partial charge on any atom is -0.496 e. The van der Waals surface area contributed by atoms with E-state index in [9.17, 15) is 5.11 Å². The van der Waals surface area contributed by atoms with E-state index in [1.165, 1.54) is 10.1 Å². The van der Waals surface area contributed by atoms with E-state index in [-0.39, 0.29) is 26.4 Å². The molecule has 0 aliphatic carbocycles. The van der Waals surface area contributed by atoms with E-state index in [4.69, 9.17) is 28.4 Å². The molecule has 0 spiro atoms. The van der Waals surface area contributed by atoms with Gasteiger partial charge in [0.05, 0.1) is 33.5 Å². The standard InChI is InChI=1S/C54H50O7S/c1-53(60-37-41-25-13-6-14-26-41)51(58-35-39-21-9-4-10-22-39)50(57-34-38-19-7-3-8-20-38)52(59-36-40-23-11-5-12-24-40)61-54(53,55)47-33-43(49(56-2)46-29-17-16-28-45(46)47)32-44-31-42-27-15-18-30-48(42)62-44/h3-31,33,50-52,55H,32,34-37H2,1-2H3/t50-,51+,52+,53+,54?/m0/s1. The molecule has 2 heterocycles. The zero-order valence-corrected chi connectivity index (χ0v) is 35.7. The predicted octanol–water partition coefficient (Wildman–Crippen LogP) is 11.5. The highest BCUT2D eigenvalue weighted by Crippen LogP contribution is 2.52. The van der Waals surface area contributed by atoms with Gasteiger partial charge in [-0.3, -0.25) is 0 Å². The number of rotatable bonds is 16. The molecule has 1 fully saturated rings. The summed E-state index contributed by atoms with van der Waals surface area (Å²) in [5.74, 6) is -1.45. The van der Waals surface area contributed by atoms with Crippen molar-refractivity contribution in [1.29, 1.82) is 0 Å². The van der Waals surface area contributed by atoms with Crippen molar-refractivity contribution in [3.63, 3.8) is 0 Å². The fraction of sp³-hybridized carbons (Fsp3) is 0.222. The zero-order valence-electron chi connectivity index (χ0n) is 34.9. The molecule has 9 rings (SSSR count). The highest BCUT2D eigenvalue weighted by atomic mass is 32.1. The maximum Gasteiger partial charge on any atom is 0.228 e. The van der Waals surface area contributed by atoms with Gasteiger partial charge in [0.1, 0.15) is 18.0 Å². The maximum atomic E-state index is 14.0. The third kappa shape index (κ3) is 8.69. The molecular formula is C54H50O7S. The van der Waals surface area contributed by atoms with Crippen LogP contribution in [0.2, 0.25) is 0 Å². The van der Waals surface area contributed by atoms with Gasteiger partial charge in [0.2, 0.25) is 5.79 Å².